The van der Waals surface area contributed by atoms with Crippen molar-refractivity contribution >= 4 is 11.6 Å². The number of benzene rings is 2. The maximum Gasteiger partial charge on any atom is 0.255 e. The molecule has 0 aliphatic heterocycles. The number of imidazole rings is 1. The predicted molar refractivity (Wildman–Crippen MR) is 89.1 cm³/mol. The highest BCUT2D eigenvalue weighted by molar-refractivity contribution is 6.04. The molecule has 0 saturated carbocycles. The maximum absolute atomic E-state index is 12.3. The SMILES string of the molecule is CCOc1ccc(NC(=O)c2ccc(-n3ccnc3)cc2)cc1. The Morgan fingerprint density at radius 3 is 2.48 bits per heavy atom. The van der Waals surface area contributed by atoms with Crippen molar-refractivity contribution in [3.05, 3.63) is 72.8 Å². The molecule has 1 amide bonds. The lowest BCUT2D eigenvalue weighted by atomic mass is 10.2. The zero-order valence-electron chi connectivity index (χ0n) is 12.8. The van der Waals surface area contributed by atoms with Crippen molar-refractivity contribution in [1.29, 1.82) is 0 Å². The van der Waals surface area contributed by atoms with Crippen molar-refractivity contribution in [1.82, 2.24) is 9.55 Å². The minimum absolute atomic E-state index is 0.147. The van der Waals surface area contributed by atoms with Crippen molar-refractivity contribution in [3.8, 4) is 11.4 Å². The Balaban J connectivity index is 1.68. The summed E-state index contributed by atoms with van der Waals surface area (Å²) in [7, 11) is 0. The Morgan fingerprint density at radius 1 is 1.13 bits per heavy atom. The van der Waals surface area contributed by atoms with Gasteiger partial charge in [0.1, 0.15) is 5.75 Å². The first-order chi connectivity index (χ1) is 11.3. The summed E-state index contributed by atoms with van der Waals surface area (Å²) in [5.41, 5.74) is 2.29. The second-order valence-corrected chi connectivity index (χ2v) is 4.93. The fraction of sp³-hybridized carbons (Fsp3) is 0.111. The van der Waals surface area contributed by atoms with Crippen LogP contribution in [0.5, 0.6) is 5.75 Å². The van der Waals surface area contributed by atoms with Crippen LogP contribution in [0.25, 0.3) is 5.69 Å². The molecule has 0 fully saturated rings. The molecule has 2 aromatic carbocycles. The Hall–Kier alpha value is -3.08. The topological polar surface area (TPSA) is 56.1 Å². The summed E-state index contributed by atoms with van der Waals surface area (Å²) >= 11 is 0. The molecule has 0 unspecified atom stereocenters. The van der Waals surface area contributed by atoms with Crippen molar-refractivity contribution in [2.75, 3.05) is 11.9 Å². The molecule has 5 nitrogen and oxygen atoms in total. The fourth-order valence-electron chi connectivity index (χ4n) is 2.20. The van der Waals surface area contributed by atoms with E-state index in [1.807, 2.05) is 54.1 Å². The van der Waals surface area contributed by atoms with Crippen molar-refractivity contribution in [2.45, 2.75) is 6.92 Å². The summed E-state index contributed by atoms with van der Waals surface area (Å²) in [5.74, 6) is 0.640. The van der Waals surface area contributed by atoms with E-state index in [9.17, 15) is 4.79 Å². The van der Waals surface area contributed by atoms with Gasteiger partial charge in [0.15, 0.2) is 0 Å². The summed E-state index contributed by atoms with van der Waals surface area (Å²) in [6, 6.07) is 14.7. The monoisotopic (exact) mass is 307 g/mol. The lowest BCUT2D eigenvalue weighted by molar-refractivity contribution is 0.102. The summed E-state index contributed by atoms with van der Waals surface area (Å²) in [6.07, 6.45) is 5.29. The van der Waals surface area contributed by atoms with E-state index in [4.69, 9.17) is 4.74 Å². The smallest absolute Gasteiger partial charge is 0.255 e. The van der Waals surface area contributed by atoms with Gasteiger partial charge in [-0.25, -0.2) is 4.98 Å². The molecular formula is C18H17N3O2. The first-order valence-electron chi connectivity index (χ1n) is 7.39. The molecule has 1 aromatic heterocycles. The van der Waals surface area contributed by atoms with Crippen LogP contribution in [0.15, 0.2) is 67.3 Å². The van der Waals surface area contributed by atoms with E-state index in [1.54, 1.807) is 24.7 Å². The van der Waals surface area contributed by atoms with Crippen molar-refractivity contribution < 1.29 is 9.53 Å². The molecule has 3 aromatic rings. The van der Waals surface area contributed by atoms with Gasteiger partial charge in [-0.1, -0.05) is 0 Å². The van der Waals surface area contributed by atoms with Crippen molar-refractivity contribution in [2.24, 2.45) is 0 Å². The van der Waals surface area contributed by atoms with Crippen LogP contribution in [-0.2, 0) is 0 Å². The van der Waals surface area contributed by atoms with Crippen molar-refractivity contribution in [3.63, 3.8) is 0 Å². The minimum Gasteiger partial charge on any atom is -0.494 e. The first kappa shape index (κ1) is 14.8. The number of aromatic nitrogens is 2. The zero-order chi connectivity index (χ0) is 16.1. The third-order valence-electron chi connectivity index (χ3n) is 3.36. The number of carbonyl (C=O) groups excluding carboxylic acids is 1. The average Bonchev–Trinajstić information content (AvgIpc) is 3.11. The van der Waals surface area contributed by atoms with Gasteiger partial charge in [-0.05, 0) is 55.5 Å². The van der Waals surface area contributed by atoms with Gasteiger partial charge < -0.3 is 14.6 Å². The number of hydrogen-bond acceptors (Lipinski definition) is 3. The molecule has 0 atom stereocenters. The number of amides is 1. The largest absolute Gasteiger partial charge is 0.494 e. The van der Waals surface area contributed by atoms with Crippen LogP contribution >= 0.6 is 0 Å². The standard InChI is InChI=1S/C18H17N3O2/c1-2-23-17-9-5-15(6-10-17)20-18(22)14-3-7-16(8-4-14)21-12-11-19-13-21/h3-13H,2H2,1H3,(H,20,22). The van der Waals surface area contributed by atoms with Crippen LogP contribution in [0.3, 0.4) is 0 Å². The van der Waals surface area contributed by atoms with Gasteiger partial charge in [0.25, 0.3) is 5.91 Å². The third-order valence-corrected chi connectivity index (χ3v) is 3.36. The molecule has 0 aliphatic rings. The molecule has 5 heteroatoms. The molecule has 23 heavy (non-hydrogen) atoms. The van der Waals surface area contributed by atoms with Gasteiger partial charge in [-0.2, -0.15) is 0 Å². The Morgan fingerprint density at radius 2 is 1.87 bits per heavy atom. The second-order valence-electron chi connectivity index (χ2n) is 4.93. The Kier molecular flexibility index (Phi) is 4.38. The summed E-state index contributed by atoms with van der Waals surface area (Å²) < 4.78 is 7.26. The number of ether oxygens (including phenoxy) is 1. The Labute approximate surface area is 134 Å². The quantitative estimate of drug-likeness (QED) is 0.784. The number of carbonyl (C=O) groups is 1. The van der Waals surface area contributed by atoms with Gasteiger partial charge in [0.05, 0.1) is 12.9 Å². The van der Waals surface area contributed by atoms with Crippen LogP contribution in [-0.4, -0.2) is 22.1 Å². The van der Waals surface area contributed by atoms with Crippen LogP contribution in [0.2, 0.25) is 0 Å². The highest BCUT2D eigenvalue weighted by Crippen LogP contribution is 2.17. The number of nitrogens with zero attached hydrogens (tertiary/aromatic N) is 2. The van der Waals surface area contributed by atoms with Gasteiger partial charge >= 0.3 is 0 Å². The number of nitrogens with one attached hydrogen (secondary N) is 1. The van der Waals surface area contributed by atoms with E-state index in [2.05, 4.69) is 10.3 Å². The number of anilines is 1. The van der Waals surface area contributed by atoms with Gasteiger partial charge in [0.2, 0.25) is 0 Å². The molecule has 1 N–H and O–H groups in total. The lowest BCUT2D eigenvalue weighted by Gasteiger charge is -2.08. The molecule has 0 bridgehead atoms. The molecule has 3 rings (SSSR count). The fourth-order valence-corrected chi connectivity index (χ4v) is 2.20. The normalized spacial score (nSPS) is 10.3. The van der Waals surface area contributed by atoms with Gasteiger partial charge in [-0.15, -0.1) is 0 Å². The molecule has 0 aliphatic carbocycles. The summed E-state index contributed by atoms with van der Waals surface area (Å²) in [6.45, 7) is 2.55. The first-order valence-corrected chi connectivity index (χ1v) is 7.39. The molecule has 0 spiro atoms. The highest BCUT2D eigenvalue weighted by atomic mass is 16.5. The summed E-state index contributed by atoms with van der Waals surface area (Å²) in [4.78, 5) is 16.3. The van der Waals surface area contributed by atoms with E-state index < -0.39 is 0 Å². The second kappa shape index (κ2) is 6.79. The number of rotatable bonds is 5. The van der Waals surface area contributed by atoms with Crippen LogP contribution in [0.4, 0.5) is 5.69 Å². The van der Waals surface area contributed by atoms with E-state index in [0.717, 1.165) is 17.1 Å². The average molecular weight is 307 g/mol. The molecule has 116 valence electrons. The third kappa shape index (κ3) is 3.58. The molecule has 1 heterocycles. The lowest BCUT2D eigenvalue weighted by Crippen LogP contribution is -2.11. The minimum atomic E-state index is -0.147. The molecule has 0 saturated heterocycles. The number of hydrogen-bond donors (Lipinski definition) is 1. The van der Waals surface area contributed by atoms with E-state index in [1.165, 1.54) is 0 Å². The van der Waals surface area contributed by atoms with Gasteiger partial charge in [-0.3, -0.25) is 4.79 Å². The van der Waals surface area contributed by atoms with E-state index in [0.29, 0.717) is 12.2 Å². The van der Waals surface area contributed by atoms with Crippen LogP contribution < -0.4 is 10.1 Å². The zero-order valence-corrected chi connectivity index (χ0v) is 12.8. The maximum atomic E-state index is 12.3. The van der Waals surface area contributed by atoms with E-state index in [-0.39, 0.29) is 5.91 Å². The molecule has 0 radical (unpaired) electrons. The van der Waals surface area contributed by atoms with E-state index >= 15 is 0 Å². The van der Waals surface area contributed by atoms with Crippen LogP contribution in [0.1, 0.15) is 17.3 Å². The van der Waals surface area contributed by atoms with Gasteiger partial charge in [0, 0.05) is 29.3 Å². The highest BCUT2D eigenvalue weighted by Gasteiger charge is 2.06. The molecular weight excluding hydrogens is 290 g/mol. The predicted octanol–water partition coefficient (Wildman–Crippen LogP) is 3.52. The Bertz CT molecular complexity index is 763. The summed E-state index contributed by atoms with van der Waals surface area (Å²) in [5, 5.41) is 2.87. The van der Waals surface area contributed by atoms with Crippen LogP contribution in [0, 0.1) is 0 Å².